The van der Waals surface area contributed by atoms with Gasteiger partial charge in [0, 0.05) is 12.5 Å². The van der Waals surface area contributed by atoms with Crippen molar-refractivity contribution in [2.24, 2.45) is 0 Å². The quantitative estimate of drug-likeness (QED) is 0.490. The fourth-order valence-electron chi connectivity index (χ4n) is 3.83. The van der Waals surface area contributed by atoms with Crippen molar-refractivity contribution < 1.29 is 4.79 Å². The highest BCUT2D eigenvalue weighted by atomic mass is 16.2. The molecule has 1 amide bonds. The summed E-state index contributed by atoms with van der Waals surface area (Å²) in [5.41, 5.74) is 2.80. The van der Waals surface area contributed by atoms with Gasteiger partial charge in [-0.15, -0.1) is 0 Å². The van der Waals surface area contributed by atoms with Gasteiger partial charge >= 0.3 is 5.69 Å². The van der Waals surface area contributed by atoms with Crippen LogP contribution in [0.2, 0.25) is 0 Å². The molecule has 0 unspecified atom stereocenters. The standard InChI is InChI=1S/C24H24N6O2/c1-17-21(16-26-30(17)20-10-6-3-7-11-20)23(31)25-14-15-28-24(32)29(19-8-4-2-5-9-19)22(27-28)18-12-13-18/h2-11,16,18H,12-15H2,1H3,(H,25,31). The predicted molar refractivity (Wildman–Crippen MR) is 120 cm³/mol. The second-order valence-corrected chi connectivity index (χ2v) is 7.96. The lowest BCUT2D eigenvalue weighted by molar-refractivity contribution is 0.0951. The molecule has 162 valence electrons. The number of carbonyl (C=O) groups excluding carboxylic acids is 1. The maximum atomic E-state index is 13.0. The van der Waals surface area contributed by atoms with Crippen LogP contribution in [0.5, 0.6) is 0 Å². The molecule has 0 saturated heterocycles. The lowest BCUT2D eigenvalue weighted by Crippen LogP contribution is -2.32. The van der Waals surface area contributed by atoms with E-state index in [1.54, 1.807) is 15.4 Å². The monoisotopic (exact) mass is 428 g/mol. The molecule has 1 saturated carbocycles. The van der Waals surface area contributed by atoms with Crippen LogP contribution in [0.1, 0.15) is 40.6 Å². The van der Waals surface area contributed by atoms with Crippen LogP contribution in [0.15, 0.2) is 71.7 Å². The number of nitrogens with one attached hydrogen (secondary N) is 1. The fraction of sp³-hybridized carbons (Fsp3) is 0.250. The van der Waals surface area contributed by atoms with E-state index in [1.807, 2.05) is 67.6 Å². The smallest absolute Gasteiger partial charge is 0.350 e. The molecule has 8 heteroatoms. The Morgan fingerprint density at radius 1 is 1.03 bits per heavy atom. The number of para-hydroxylation sites is 2. The summed E-state index contributed by atoms with van der Waals surface area (Å²) in [6.45, 7) is 2.46. The number of nitrogens with zero attached hydrogens (tertiary/aromatic N) is 5. The molecule has 2 aromatic heterocycles. The summed E-state index contributed by atoms with van der Waals surface area (Å²) < 4.78 is 4.87. The first-order valence-corrected chi connectivity index (χ1v) is 10.8. The highest BCUT2D eigenvalue weighted by Crippen LogP contribution is 2.39. The molecule has 0 spiro atoms. The van der Waals surface area contributed by atoms with E-state index in [2.05, 4.69) is 15.5 Å². The normalized spacial score (nSPS) is 13.3. The van der Waals surface area contributed by atoms with Gasteiger partial charge < -0.3 is 5.32 Å². The average Bonchev–Trinajstić information content (AvgIpc) is 3.52. The van der Waals surface area contributed by atoms with Crippen LogP contribution in [0.25, 0.3) is 11.4 Å². The summed E-state index contributed by atoms with van der Waals surface area (Å²) >= 11 is 0. The zero-order valence-corrected chi connectivity index (χ0v) is 17.8. The number of carbonyl (C=O) groups is 1. The number of hydrogen-bond acceptors (Lipinski definition) is 4. The van der Waals surface area contributed by atoms with Gasteiger partial charge in [-0.2, -0.15) is 10.2 Å². The molecule has 2 heterocycles. The number of rotatable bonds is 7. The number of hydrogen-bond donors (Lipinski definition) is 1. The minimum atomic E-state index is -0.220. The maximum Gasteiger partial charge on any atom is 0.350 e. The third-order valence-electron chi connectivity index (χ3n) is 5.69. The fourth-order valence-corrected chi connectivity index (χ4v) is 3.83. The van der Waals surface area contributed by atoms with E-state index in [0.717, 1.165) is 35.7 Å². The topological polar surface area (TPSA) is 86.7 Å². The zero-order valence-electron chi connectivity index (χ0n) is 17.8. The van der Waals surface area contributed by atoms with Crippen LogP contribution >= 0.6 is 0 Å². The zero-order chi connectivity index (χ0) is 22.1. The second-order valence-electron chi connectivity index (χ2n) is 7.96. The van der Waals surface area contributed by atoms with Gasteiger partial charge in [0.05, 0.1) is 35.4 Å². The van der Waals surface area contributed by atoms with E-state index < -0.39 is 0 Å². The third-order valence-corrected chi connectivity index (χ3v) is 5.69. The first-order chi connectivity index (χ1) is 15.6. The Labute approximate surface area is 185 Å². The lowest BCUT2D eigenvalue weighted by Gasteiger charge is -2.06. The number of aromatic nitrogens is 5. The summed E-state index contributed by atoms with van der Waals surface area (Å²) in [6, 6.07) is 19.2. The van der Waals surface area contributed by atoms with E-state index in [4.69, 9.17) is 0 Å². The molecule has 0 atom stereocenters. The number of amides is 1. The first-order valence-electron chi connectivity index (χ1n) is 10.8. The molecule has 32 heavy (non-hydrogen) atoms. The Morgan fingerprint density at radius 2 is 1.69 bits per heavy atom. The SMILES string of the molecule is Cc1c(C(=O)NCCn2nc(C3CC3)n(-c3ccccc3)c2=O)cnn1-c1ccccc1. The van der Waals surface area contributed by atoms with Crippen molar-refractivity contribution >= 4 is 5.91 Å². The molecule has 4 aromatic rings. The highest BCUT2D eigenvalue weighted by molar-refractivity contribution is 5.95. The van der Waals surface area contributed by atoms with Gasteiger partial charge in [0.1, 0.15) is 5.82 Å². The summed E-state index contributed by atoms with van der Waals surface area (Å²) in [5.74, 6) is 0.903. The van der Waals surface area contributed by atoms with E-state index >= 15 is 0 Å². The molecule has 8 nitrogen and oxygen atoms in total. The van der Waals surface area contributed by atoms with Crippen LogP contribution in [0.4, 0.5) is 0 Å². The molecule has 1 aliphatic rings. The Kier molecular flexibility index (Phi) is 5.18. The molecule has 1 N–H and O–H groups in total. The van der Waals surface area contributed by atoms with E-state index in [-0.39, 0.29) is 11.6 Å². The lowest BCUT2D eigenvalue weighted by atomic mass is 10.2. The molecule has 1 fully saturated rings. The largest absolute Gasteiger partial charge is 0.350 e. The molecule has 0 radical (unpaired) electrons. The Morgan fingerprint density at radius 3 is 2.34 bits per heavy atom. The van der Waals surface area contributed by atoms with Crippen LogP contribution in [0, 0.1) is 6.92 Å². The summed E-state index contributed by atoms with van der Waals surface area (Å²) in [4.78, 5) is 25.7. The minimum absolute atomic E-state index is 0.180. The summed E-state index contributed by atoms with van der Waals surface area (Å²) in [7, 11) is 0. The first kappa shape index (κ1) is 20.0. The van der Waals surface area contributed by atoms with E-state index in [0.29, 0.717) is 24.6 Å². The van der Waals surface area contributed by atoms with Crippen molar-refractivity contribution in [2.45, 2.75) is 32.2 Å². The third kappa shape index (κ3) is 3.75. The number of benzene rings is 2. The molecule has 2 aromatic carbocycles. The Hall–Kier alpha value is -3.94. The van der Waals surface area contributed by atoms with Crippen molar-refractivity contribution in [2.75, 3.05) is 6.54 Å². The van der Waals surface area contributed by atoms with E-state index in [9.17, 15) is 9.59 Å². The van der Waals surface area contributed by atoms with Crippen molar-refractivity contribution in [3.8, 4) is 11.4 Å². The Balaban J connectivity index is 1.30. The van der Waals surface area contributed by atoms with Crippen molar-refractivity contribution in [1.82, 2.24) is 29.4 Å². The van der Waals surface area contributed by atoms with E-state index in [1.165, 1.54) is 4.68 Å². The molecule has 0 bridgehead atoms. The van der Waals surface area contributed by atoms with Gasteiger partial charge in [-0.25, -0.2) is 18.7 Å². The van der Waals surface area contributed by atoms with Gasteiger partial charge in [0.2, 0.25) is 0 Å². The predicted octanol–water partition coefficient (Wildman–Crippen LogP) is 2.84. The van der Waals surface area contributed by atoms with Gasteiger partial charge in [0.25, 0.3) is 5.91 Å². The van der Waals surface area contributed by atoms with Gasteiger partial charge in [-0.05, 0) is 44.0 Å². The minimum Gasteiger partial charge on any atom is -0.350 e. The molecular formula is C24H24N6O2. The Bertz CT molecular complexity index is 1300. The molecule has 1 aliphatic carbocycles. The van der Waals surface area contributed by atoms with Crippen LogP contribution in [-0.4, -0.2) is 36.6 Å². The van der Waals surface area contributed by atoms with Gasteiger partial charge in [-0.3, -0.25) is 4.79 Å². The van der Waals surface area contributed by atoms with Crippen molar-refractivity contribution in [3.63, 3.8) is 0 Å². The molecular weight excluding hydrogens is 404 g/mol. The van der Waals surface area contributed by atoms with Gasteiger partial charge in [0.15, 0.2) is 0 Å². The van der Waals surface area contributed by atoms with Crippen molar-refractivity contribution in [1.29, 1.82) is 0 Å². The average molecular weight is 428 g/mol. The van der Waals surface area contributed by atoms with Crippen molar-refractivity contribution in [3.05, 3.63) is 94.4 Å². The van der Waals surface area contributed by atoms with Gasteiger partial charge in [-0.1, -0.05) is 36.4 Å². The second kappa shape index (κ2) is 8.30. The molecule has 0 aliphatic heterocycles. The highest BCUT2D eigenvalue weighted by Gasteiger charge is 2.31. The summed E-state index contributed by atoms with van der Waals surface area (Å²) in [6.07, 6.45) is 3.66. The van der Waals surface area contributed by atoms with Crippen LogP contribution in [0.3, 0.4) is 0 Å². The van der Waals surface area contributed by atoms with Crippen LogP contribution in [-0.2, 0) is 6.54 Å². The maximum absolute atomic E-state index is 13.0. The molecule has 5 rings (SSSR count). The summed E-state index contributed by atoms with van der Waals surface area (Å²) in [5, 5.41) is 11.8. The van der Waals surface area contributed by atoms with Crippen LogP contribution < -0.4 is 11.0 Å².